The molecule has 0 aliphatic heterocycles. The lowest BCUT2D eigenvalue weighted by Gasteiger charge is -2.08. The maximum atomic E-state index is 11.6. The molecule has 2 aromatic carbocycles. The molecule has 0 aliphatic rings. The van der Waals surface area contributed by atoms with E-state index in [0.717, 1.165) is 11.1 Å². The Morgan fingerprint density at radius 2 is 1.64 bits per heavy atom. The standard InChI is InChI=1S/C17H14N4O/c1-11(22)13-8-5-9-14(10-13)16-15(19-17(18)21-20-16)12-6-3-2-4-7-12/h2-10H,1H3,(H2,18,19,21). The van der Waals surface area contributed by atoms with Gasteiger partial charge in [0.2, 0.25) is 5.95 Å². The van der Waals surface area contributed by atoms with Gasteiger partial charge in [0.25, 0.3) is 0 Å². The molecule has 22 heavy (non-hydrogen) atoms. The van der Waals surface area contributed by atoms with Gasteiger partial charge >= 0.3 is 0 Å². The largest absolute Gasteiger partial charge is 0.366 e. The molecule has 0 bridgehead atoms. The van der Waals surface area contributed by atoms with E-state index in [2.05, 4.69) is 15.2 Å². The van der Waals surface area contributed by atoms with Crippen molar-refractivity contribution in [2.75, 3.05) is 5.73 Å². The monoisotopic (exact) mass is 290 g/mol. The van der Waals surface area contributed by atoms with Crippen LogP contribution >= 0.6 is 0 Å². The lowest BCUT2D eigenvalue weighted by Crippen LogP contribution is -2.02. The summed E-state index contributed by atoms with van der Waals surface area (Å²) in [4.78, 5) is 15.9. The fourth-order valence-electron chi connectivity index (χ4n) is 2.22. The highest BCUT2D eigenvalue weighted by atomic mass is 16.1. The minimum atomic E-state index is -0.000487. The highest BCUT2D eigenvalue weighted by Crippen LogP contribution is 2.29. The zero-order valence-electron chi connectivity index (χ0n) is 12.0. The van der Waals surface area contributed by atoms with Gasteiger partial charge in [-0.15, -0.1) is 10.2 Å². The molecule has 3 rings (SSSR count). The number of carbonyl (C=O) groups is 1. The number of Topliss-reactive ketones (excluding diaryl/α,β-unsaturated/α-hetero) is 1. The number of ketones is 1. The SMILES string of the molecule is CC(=O)c1cccc(-c2nnc(N)nc2-c2ccccc2)c1. The summed E-state index contributed by atoms with van der Waals surface area (Å²) in [6.45, 7) is 1.53. The maximum Gasteiger partial charge on any atom is 0.240 e. The molecule has 0 fully saturated rings. The third kappa shape index (κ3) is 2.69. The Kier molecular flexibility index (Phi) is 3.62. The van der Waals surface area contributed by atoms with Crippen LogP contribution in [0.15, 0.2) is 54.6 Å². The van der Waals surface area contributed by atoms with Crippen LogP contribution in [0.4, 0.5) is 5.95 Å². The molecule has 0 aliphatic carbocycles. The molecule has 1 heterocycles. The Morgan fingerprint density at radius 3 is 2.36 bits per heavy atom. The fraction of sp³-hybridized carbons (Fsp3) is 0.0588. The second-order valence-corrected chi connectivity index (χ2v) is 4.87. The van der Waals surface area contributed by atoms with Crippen molar-refractivity contribution < 1.29 is 4.79 Å². The summed E-state index contributed by atoms with van der Waals surface area (Å²) in [5.41, 5.74) is 9.23. The van der Waals surface area contributed by atoms with Crippen molar-refractivity contribution >= 4 is 11.7 Å². The normalized spacial score (nSPS) is 10.4. The van der Waals surface area contributed by atoms with E-state index in [4.69, 9.17) is 5.73 Å². The molecule has 108 valence electrons. The molecule has 0 unspecified atom stereocenters. The van der Waals surface area contributed by atoms with E-state index >= 15 is 0 Å². The predicted molar refractivity (Wildman–Crippen MR) is 85.1 cm³/mol. The van der Waals surface area contributed by atoms with E-state index in [9.17, 15) is 4.79 Å². The lowest BCUT2D eigenvalue weighted by atomic mass is 10.0. The summed E-state index contributed by atoms with van der Waals surface area (Å²) in [5.74, 6) is 0.116. The number of carbonyl (C=O) groups excluding carboxylic acids is 1. The highest BCUT2D eigenvalue weighted by molar-refractivity contribution is 5.95. The van der Waals surface area contributed by atoms with Crippen molar-refractivity contribution in [2.45, 2.75) is 6.92 Å². The number of anilines is 1. The first-order valence-electron chi connectivity index (χ1n) is 6.82. The van der Waals surface area contributed by atoms with E-state index in [1.807, 2.05) is 42.5 Å². The summed E-state index contributed by atoms with van der Waals surface area (Å²) < 4.78 is 0. The van der Waals surface area contributed by atoms with Crippen LogP contribution in [-0.2, 0) is 0 Å². The van der Waals surface area contributed by atoms with Crippen molar-refractivity contribution in [3.05, 3.63) is 60.2 Å². The Morgan fingerprint density at radius 1 is 0.909 bits per heavy atom. The number of rotatable bonds is 3. The fourth-order valence-corrected chi connectivity index (χ4v) is 2.22. The van der Waals surface area contributed by atoms with Crippen molar-refractivity contribution in [3.63, 3.8) is 0 Å². The van der Waals surface area contributed by atoms with Crippen LogP contribution in [-0.4, -0.2) is 21.0 Å². The number of nitrogens with two attached hydrogens (primary N) is 1. The van der Waals surface area contributed by atoms with Crippen LogP contribution < -0.4 is 5.73 Å². The average molecular weight is 290 g/mol. The average Bonchev–Trinajstić information content (AvgIpc) is 2.55. The molecular formula is C17H14N4O. The van der Waals surface area contributed by atoms with E-state index in [0.29, 0.717) is 17.0 Å². The first-order chi connectivity index (χ1) is 10.6. The van der Waals surface area contributed by atoms with Crippen molar-refractivity contribution in [1.82, 2.24) is 15.2 Å². The zero-order chi connectivity index (χ0) is 15.5. The van der Waals surface area contributed by atoms with E-state index in [1.54, 1.807) is 12.1 Å². The molecular weight excluding hydrogens is 276 g/mol. The van der Waals surface area contributed by atoms with Gasteiger partial charge in [-0.05, 0) is 13.0 Å². The molecule has 0 saturated carbocycles. The molecule has 0 atom stereocenters. The van der Waals surface area contributed by atoms with Gasteiger partial charge in [-0.3, -0.25) is 4.79 Å². The van der Waals surface area contributed by atoms with Crippen LogP contribution in [0.3, 0.4) is 0 Å². The Hall–Kier alpha value is -3.08. The van der Waals surface area contributed by atoms with Gasteiger partial charge < -0.3 is 5.73 Å². The third-order valence-electron chi connectivity index (χ3n) is 3.29. The number of aromatic nitrogens is 3. The van der Waals surface area contributed by atoms with Crippen LogP contribution in [0.2, 0.25) is 0 Å². The van der Waals surface area contributed by atoms with Crippen molar-refractivity contribution in [3.8, 4) is 22.5 Å². The quantitative estimate of drug-likeness (QED) is 0.750. The molecule has 1 aromatic heterocycles. The Bertz CT molecular complexity index is 831. The predicted octanol–water partition coefficient (Wildman–Crippen LogP) is 2.99. The molecule has 5 nitrogen and oxygen atoms in total. The summed E-state index contributed by atoms with van der Waals surface area (Å²) in [5, 5.41) is 8.02. The number of nitrogens with zero attached hydrogens (tertiary/aromatic N) is 3. The van der Waals surface area contributed by atoms with Gasteiger partial charge in [0.05, 0.1) is 0 Å². The second kappa shape index (κ2) is 5.73. The molecule has 0 radical (unpaired) electrons. The van der Waals surface area contributed by atoms with Crippen molar-refractivity contribution in [2.24, 2.45) is 0 Å². The van der Waals surface area contributed by atoms with Gasteiger partial charge in [-0.1, -0.05) is 48.5 Å². The van der Waals surface area contributed by atoms with Gasteiger partial charge in [0.1, 0.15) is 11.4 Å². The molecule has 0 amide bonds. The molecule has 0 saturated heterocycles. The highest BCUT2D eigenvalue weighted by Gasteiger charge is 2.13. The van der Waals surface area contributed by atoms with Gasteiger partial charge in [0.15, 0.2) is 5.78 Å². The van der Waals surface area contributed by atoms with E-state index < -0.39 is 0 Å². The van der Waals surface area contributed by atoms with Gasteiger partial charge in [-0.2, -0.15) is 0 Å². The molecule has 0 spiro atoms. The van der Waals surface area contributed by atoms with Crippen molar-refractivity contribution in [1.29, 1.82) is 0 Å². The summed E-state index contributed by atoms with van der Waals surface area (Å²) in [6, 6.07) is 16.9. The molecule has 5 heteroatoms. The number of nitrogen functional groups attached to an aromatic ring is 1. The second-order valence-electron chi connectivity index (χ2n) is 4.87. The number of hydrogen-bond acceptors (Lipinski definition) is 5. The Balaban J connectivity index is 2.19. The zero-order valence-corrected chi connectivity index (χ0v) is 12.0. The van der Waals surface area contributed by atoms with Crippen LogP contribution in [0.1, 0.15) is 17.3 Å². The minimum Gasteiger partial charge on any atom is -0.366 e. The van der Waals surface area contributed by atoms with Crippen LogP contribution in [0, 0.1) is 0 Å². The smallest absolute Gasteiger partial charge is 0.240 e. The number of benzene rings is 2. The summed E-state index contributed by atoms with van der Waals surface area (Å²) in [6.07, 6.45) is 0. The first-order valence-corrected chi connectivity index (χ1v) is 6.82. The van der Waals surface area contributed by atoms with E-state index in [1.165, 1.54) is 6.92 Å². The Labute approximate surface area is 127 Å². The summed E-state index contributed by atoms with van der Waals surface area (Å²) in [7, 11) is 0. The third-order valence-corrected chi connectivity index (χ3v) is 3.29. The van der Waals surface area contributed by atoms with Crippen LogP contribution in [0.5, 0.6) is 0 Å². The van der Waals surface area contributed by atoms with Gasteiger partial charge in [-0.25, -0.2) is 4.98 Å². The summed E-state index contributed by atoms with van der Waals surface area (Å²) >= 11 is 0. The van der Waals surface area contributed by atoms with Crippen LogP contribution in [0.25, 0.3) is 22.5 Å². The molecule has 3 aromatic rings. The minimum absolute atomic E-state index is 0.000487. The first kappa shape index (κ1) is 13.9. The lowest BCUT2D eigenvalue weighted by molar-refractivity contribution is 0.101. The van der Waals surface area contributed by atoms with Gasteiger partial charge in [0, 0.05) is 16.7 Å². The maximum absolute atomic E-state index is 11.6. The topological polar surface area (TPSA) is 81.8 Å². The van der Waals surface area contributed by atoms with E-state index in [-0.39, 0.29) is 11.7 Å². The number of hydrogen-bond donors (Lipinski definition) is 1. The molecule has 2 N–H and O–H groups in total.